The van der Waals surface area contributed by atoms with Crippen LogP contribution in [0.15, 0.2) is 82.0 Å². The van der Waals surface area contributed by atoms with Gasteiger partial charge in [0.1, 0.15) is 17.1 Å². The molecule has 0 saturated carbocycles. The van der Waals surface area contributed by atoms with Crippen molar-refractivity contribution in [3.8, 4) is 17.0 Å². The van der Waals surface area contributed by atoms with Gasteiger partial charge in [0.15, 0.2) is 5.58 Å². The molecule has 0 atom stereocenters. The molecule has 0 radical (unpaired) electrons. The molecule has 142 valence electrons. The third-order valence-corrected chi connectivity index (χ3v) is 5.06. The van der Waals surface area contributed by atoms with Crippen molar-refractivity contribution in [3.63, 3.8) is 0 Å². The third kappa shape index (κ3) is 2.88. The molecule has 0 saturated heterocycles. The zero-order chi connectivity index (χ0) is 20.0. The molecule has 0 aliphatic heterocycles. The van der Waals surface area contributed by atoms with Gasteiger partial charge >= 0.3 is 0 Å². The van der Waals surface area contributed by atoms with Crippen LogP contribution in [0.1, 0.15) is 11.3 Å². The van der Waals surface area contributed by atoms with E-state index in [1.165, 1.54) is 6.07 Å². The molecule has 3 aromatic carbocycles. The summed E-state index contributed by atoms with van der Waals surface area (Å²) in [4.78, 5) is 16.5. The second-order valence-corrected chi connectivity index (χ2v) is 6.93. The Morgan fingerprint density at radius 1 is 0.931 bits per heavy atom. The molecule has 2 heterocycles. The van der Waals surface area contributed by atoms with Crippen LogP contribution in [0.5, 0.6) is 5.75 Å². The normalized spacial score (nSPS) is 11.3. The summed E-state index contributed by atoms with van der Waals surface area (Å²) >= 11 is 0. The maximum Gasteiger partial charge on any atom is 0.202 e. The van der Waals surface area contributed by atoms with Crippen LogP contribution in [0.2, 0.25) is 0 Å². The van der Waals surface area contributed by atoms with E-state index in [1.807, 2.05) is 0 Å². The number of benzene rings is 3. The van der Waals surface area contributed by atoms with Gasteiger partial charge in [0, 0.05) is 12.0 Å². The first-order valence-electron chi connectivity index (χ1n) is 9.21. The van der Waals surface area contributed by atoms with E-state index in [4.69, 9.17) is 4.42 Å². The van der Waals surface area contributed by atoms with Crippen molar-refractivity contribution in [2.24, 2.45) is 0 Å². The Labute approximate surface area is 164 Å². The summed E-state index contributed by atoms with van der Waals surface area (Å²) in [5, 5.41) is 10.3. The van der Waals surface area contributed by atoms with E-state index in [-0.39, 0.29) is 11.2 Å². The van der Waals surface area contributed by atoms with Crippen molar-refractivity contribution in [2.75, 3.05) is 0 Å². The molecule has 0 aliphatic rings. The number of hydrogen-bond donors (Lipinski definition) is 2. The highest BCUT2D eigenvalue weighted by Gasteiger charge is 2.21. The molecular formula is C24H16FNO3. The van der Waals surface area contributed by atoms with E-state index in [1.54, 1.807) is 66.7 Å². The molecule has 5 heteroatoms. The van der Waals surface area contributed by atoms with Gasteiger partial charge in [0.2, 0.25) is 5.43 Å². The number of phenols is 1. The predicted molar refractivity (Wildman–Crippen MR) is 111 cm³/mol. The summed E-state index contributed by atoms with van der Waals surface area (Å²) in [6.45, 7) is 0. The van der Waals surface area contributed by atoms with Crippen molar-refractivity contribution < 1.29 is 13.9 Å². The fourth-order valence-corrected chi connectivity index (χ4v) is 3.66. The molecule has 5 rings (SSSR count). The molecule has 0 fully saturated rings. The molecule has 5 aromatic rings. The van der Waals surface area contributed by atoms with Crippen molar-refractivity contribution in [1.29, 1.82) is 0 Å². The van der Waals surface area contributed by atoms with Gasteiger partial charge in [-0.1, -0.05) is 36.4 Å². The topological polar surface area (TPSA) is 66.2 Å². The second-order valence-electron chi connectivity index (χ2n) is 6.93. The van der Waals surface area contributed by atoms with Gasteiger partial charge in [-0.25, -0.2) is 4.39 Å². The number of aromatic hydroxyl groups is 1. The summed E-state index contributed by atoms with van der Waals surface area (Å²) in [5.74, 6) is -0.242. The van der Waals surface area contributed by atoms with Crippen LogP contribution in [0, 0.1) is 5.82 Å². The summed E-state index contributed by atoms with van der Waals surface area (Å²) < 4.78 is 20.6. The van der Waals surface area contributed by atoms with Crippen molar-refractivity contribution in [1.82, 2.24) is 4.98 Å². The minimum Gasteiger partial charge on any atom is -0.508 e. The Kier molecular flexibility index (Phi) is 3.95. The first-order chi connectivity index (χ1) is 14.1. The number of rotatable bonds is 3. The Hall–Kier alpha value is -3.86. The fourth-order valence-electron chi connectivity index (χ4n) is 3.66. The predicted octanol–water partition coefficient (Wildman–Crippen LogP) is 5.38. The van der Waals surface area contributed by atoms with Crippen LogP contribution in [0.3, 0.4) is 0 Å². The van der Waals surface area contributed by atoms with Crippen LogP contribution >= 0.6 is 0 Å². The summed E-state index contributed by atoms with van der Waals surface area (Å²) in [6, 6.07) is 20.2. The molecule has 0 bridgehead atoms. The number of phenolic OH excluding ortho intramolecular Hbond substituents is 1. The van der Waals surface area contributed by atoms with Crippen LogP contribution in [0.25, 0.3) is 33.2 Å². The molecule has 4 nitrogen and oxygen atoms in total. The largest absolute Gasteiger partial charge is 0.508 e. The van der Waals surface area contributed by atoms with Crippen molar-refractivity contribution in [3.05, 3.63) is 100 Å². The van der Waals surface area contributed by atoms with Gasteiger partial charge in [0.05, 0.1) is 22.2 Å². The molecule has 0 aliphatic carbocycles. The number of aromatic nitrogens is 1. The number of hydrogen-bond acceptors (Lipinski definition) is 3. The molecule has 0 unspecified atom stereocenters. The zero-order valence-electron chi connectivity index (χ0n) is 15.3. The molecule has 2 aromatic heterocycles. The number of fused-ring (bicyclic) bond motifs is 2. The maximum atomic E-state index is 14.5. The Morgan fingerprint density at radius 2 is 1.66 bits per heavy atom. The van der Waals surface area contributed by atoms with Gasteiger partial charge in [0.25, 0.3) is 0 Å². The van der Waals surface area contributed by atoms with Gasteiger partial charge in [-0.15, -0.1) is 0 Å². The lowest BCUT2D eigenvalue weighted by molar-refractivity contribution is 0.475. The quantitative estimate of drug-likeness (QED) is 0.438. The first-order valence-corrected chi connectivity index (χ1v) is 9.21. The van der Waals surface area contributed by atoms with Gasteiger partial charge < -0.3 is 14.5 Å². The number of aromatic amines is 1. The fraction of sp³-hybridized carbons (Fsp3) is 0.0417. The lowest BCUT2D eigenvalue weighted by atomic mass is 10.1. The summed E-state index contributed by atoms with van der Waals surface area (Å²) in [7, 11) is 0. The molecule has 2 N–H and O–H groups in total. The van der Waals surface area contributed by atoms with Gasteiger partial charge in [-0.2, -0.15) is 0 Å². The summed E-state index contributed by atoms with van der Waals surface area (Å²) in [5.41, 5.74) is 3.02. The van der Waals surface area contributed by atoms with E-state index in [9.17, 15) is 14.3 Å². The van der Waals surface area contributed by atoms with Crippen LogP contribution in [0.4, 0.5) is 4.39 Å². The lowest BCUT2D eigenvalue weighted by Gasteiger charge is -2.02. The smallest absolute Gasteiger partial charge is 0.202 e. The van der Waals surface area contributed by atoms with Crippen molar-refractivity contribution in [2.45, 2.75) is 6.42 Å². The number of nitrogens with one attached hydrogen (secondary N) is 1. The average molecular weight is 385 g/mol. The molecule has 29 heavy (non-hydrogen) atoms. The highest BCUT2D eigenvalue weighted by atomic mass is 19.1. The SMILES string of the molecule is O=c1c2ccccc2oc2c(Cc3ccc(O)cc3)[nH]c(-c3ccccc3F)c12. The minimum atomic E-state index is -0.417. The van der Waals surface area contributed by atoms with E-state index < -0.39 is 5.82 Å². The average Bonchev–Trinajstić information content (AvgIpc) is 3.08. The minimum absolute atomic E-state index is 0.176. The Morgan fingerprint density at radius 3 is 2.45 bits per heavy atom. The standard InChI is InChI=1S/C24H16FNO3/c25-18-7-3-1-5-16(18)22-21-23(28)17-6-2-4-8-20(17)29-24(21)19(26-22)13-14-9-11-15(27)12-10-14/h1-12,26-27H,13H2. The number of halogens is 1. The number of H-pyrrole nitrogens is 1. The first kappa shape index (κ1) is 17.3. The van der Waals surface area contributed by atoms with E-state index >= 15 is 0 Å². The zero-order valence-corrected chi connectivity index (χ0v) is 15.3. The Balaban J connectivity index is 1.82. The van der Waals surface area contributed by atoms with Crippen LogP contribution in [-0.4, -0.2) is 10.1 Å². The third-order valence-electron chi connectivity index (χ3n) is 5.06. The molecule has 0 spiro atoms. The highest BCUT2D eigenvalue weighted by Crippen LogP contribution is 2.33. The maximum absolute atomic E-state index is 14.5. The van der Waals surface area contributed by atoms with E-state index in [0.717, 1.165) is 5.56 Å². The van der Waals surface area contributed by atoms with E-state index in [2.05, 4.69) is 4.98 Å². The molecule has 0 amide bonds. The second kappa shape index (κ2) is 6.63. The van der Waals surface area contributed by atoms with Crippen LogP contribution < -0.4 is 5.43 Å². The monoisotopic (exact) mass is 385 g/mol. The van der Waals surface area contributed by atoms with Gasteiger partial charge in [-0.05, 0) is 42.0 Å². The Bertz CT molecular complexity index is 1410. The number of para-hydroxylation sites is 1. The van der Waals surface area contributed by atoms with Gasteiger partial charge in [-0.3, -0.25) is 4.79 Å². The van der Waals surface area contributed by atoms with Crippen LogP contribution in [-0.2, 0) is 6.42 Å². The van der Waals surface area contributed by atoms with Crippen molar-refractivity contribution >= 4 is 21.9 Å². The molecular weight excluding hydrogens is 369 g/mol. The lowest BCUT2D eigenvalue weighted by Crippen LogP contribution is -2.02. The van der Waals surface area contributed by atoms with E-state index in [0.29, 0.717) is 45.3 Å². The summed E-state index contributed by atoms with van der Waals surface area (Å²) in [6.07, 6.45) is 0.437. The highest BCUT2D eigenvalue weighted by molar-refractivity contribution is 6.00.